The van der Waals surface area contributed by atoms with Crippen LogP contribution in [-0.4, -0.2) is 24.0 Å². The number of carbonyl (C=O) groups is 1. The molecule has 1 rings (SSSR count). The van der Waals surface area contributed by atoms with E-state index < -0.39 is 0 Å². The van der Waals surface area contributed by atoms with Crippen molar-refractivity contribution in [1.82, 2.24) is 4.90 Å². The van der Waals surface area contributed by atoms with Crippen LogP contribution in [0.4, 0.5) is 4.79 Å². The van der Waals surface area contributed by atoms with E-state index >= 15 is 0 Å². The fourth-order valence-corrected chi connectivity index (χ4v) is 1.85. The van der Waals surface area contributed by atoms with Crippen LogP contribution in [0.3, 0.4) is 0 Å². The van der Waals surface area contributed by atoms with Gasteiger partial charge < -0.3 is 10.6 Å². The number of hydrogen-bond acceptors (Lipinski definition) is 1. The fourth-order valence-electron chi connectivity index (χ4n) is 1.85. The molecule has 1 heterocycles. The van der Waals surface area contributed by atoms with Gasteiger partial charge in [0.2, 0.25) is 0 Å². The molecule has 0 aromatic rings. The highest BCUT2D eigenvalue weighted by molar-refractivity contribution is 5.72. The van der Waals surface area contributed by atoms with E-state index in [1.54, 1.807) is 4.90 Å². The Morgan fingerprint density at radius 2 is 1.93 bits per heavy atom. The minimum atomic E-state index is -0.259. The van der Waals surface area contributed by atoms with Crippen LogP contribution in [0.25, 0.3) is 0 Å². The highest BCUT2D eigenvalue weighted by Gasteiger charge is 2.19. The van der Waals surface area contributed by atoms with Gasteiger partial charge in [-0.05, 0) is 18.8 Å². The first kappa shape index (κ1) is 13.3. The zero-order valence-corrected chi connectivity index (χ0v) is 9.75. The van der Waals surface area contributed by atoms with Gasteiger partial charge in [-0.25, -0.2) is 4.79 Å². The van der Waals surface area contributed by atoms with Crippen LogP contribution in [-0.2, 0) is 0 Å². The Hall–Kier alpha value is -0.730. The lowest BCUT2D eigenvalue weighted by molar-refractivity contribution is 0.176. The Bertz CT molecular complexity index is 157. The third kappa shape index (κ3) is 4.49. The minimum Gasteiger partial charge on any atom is -0.351 e. The average molecular weight is 202 g/mol. The van der Waals surface area contributed by atoms with Gasteiger partial charge in [-0.2, -0.15) is 0 Å². The van der Waals surface area contributed by atoms with Crippen molar-refractivity contribution in [2.24, 2.45) is 11.7 Å². The number of nitrogens with zero attached hydrogens (tertiary/aromatic N) is 1. The number of likely N-dealkylation sites (tertiary alicyclic amines) is 1. The van der Waals surface area contributed by atoms with Gasteiger partial charge in [0, 0.05) is 14.5 Å². The quantitative estimate of drug-likeness (QED) is 0.735. The van der Waals surface area contributed by atoms with Crippen molar-refractivity contribution in [3.05, 3.63) is 0 Å². The largest absolute Gasteiger partial charge is 0.351 e. The molecule has 0 aromatic carbocycles. The zero-order chi connectivity index (χ0) is 11.0. The van der Waals surface area contributed by atoms with Gasteiger partial charge in [-0.1, -0.05) is 33.6 Å². The van der Waals surface area contributed by atoms with E-state index in [4.69, 9.17) is 5.73 Å². The highest BCUT2D eigenvalue weighted by atomic mass is 16.2. The molecule has 1 aliphatic heterocycles. The van der Waals surface area contributed by atoms with E-state index in [2.05, 4.69) is 6.92 Å². The molecule has 1 aliphatic rings. The normalized spacial score (nSPS) is 17.2. The summed E-state index contributed by atoms with van der Waals surface area (Å²) in [5, 5.41) is 0. The van der Waals surface area contributed by atoms with E-state index in [-0.39, 0.29) is 7.46 Å². The minimum absolute atomic E-state index is 0. The molecule has 0 saturated carbocycles. The molecule has 0 spiro atoms. The predicted molar refractivity (Wildman–Crippen MR) is 62.3 cm³/mol. The summed E-state index contributed by atoms with van der Waals surface area (Å²) < 4.78 is 0. The van der Waals surface area contributed by atoms with Gasteiger partial charge in [-0.15, -0.1) is 0 Å². The second-order valence-electron chi connectivity index (χ2n) is 3.56. The van der Waals surface area contributed by atoms with Crippen LogP contribution in [0, 0.1) is 5.92 Å². The van der Waals surface area contributed by atoms with Crippen LogP contribution >= 0.6 is 0 Å². The summed E-state index contributed by atoms with van der Waals surface area (Å²) >= 11 is 0. The second-order valence-corrected chi connectivity index (χ2v) is 3.56. The Balaban J connectivity index is 0. The summed E-state index contributed by atoms with van der Waals surface area (Å²) in [6, 6.07) is -0.259. The van der Waals surface area contributed by atoms with E-state index in [0.29, 0.717) is 0 Å². The molecule has 0 aromatic heterocycles. The number of nitrogens with two attached hydrogens (primary N) is 1. The van der Waals surface area contributed by atoms with Crippen molar-refractivity contribution >= 4 is 6.03 Å². The third-order valence-corrected chi connectivity index (χ3v) is 2.62. The van der Waals surface area contributed by atoms with E-state index in [1.165, 1.54) is 12.8 Å². The number of hydrogen-bond donors (Lipinski definition) is 1. The summed E-state index contributed by atoms with van der Waals surface area (Å²) in [7, 11) is 0. The van der Waals surface area contributed by atoms with Crippen LogP contribution in [0.5, 0.6) is 0 Å². The molecule has 3 nitrogen and oxygen atoms in total. The summed E-state index contributed by atoms with van der Waals surface area (Å²) in [5.41, 5.74) is 5.17. The van der Waals surface area contributed by atoms with Crippen molar-refractivity contribution < 1.29 is 6.22 Å². The van der Waals surface area contributed by atoms with Crippen molar-refractivity contribution in [3.8, 4) is 0 Å². The van der Waals surface area contributed by atoms with Gasteiger partial charge in [0.25, 0.3) is 0 Å². The lowest BCUT2D eigenvalue weighted by atomic mass is 9.93. The molecule has 14 heavy (non-hydrogen) atoms. The first-order valence-corrected chi connectivity index (χ1v) is 5.78. The smallest absolute Gasteiger partial charge is 0.314 e. The highest BCUT2D eigenvalue weighted by Crippen LogP contribution is 2.21. The Kier molecular flexibility index (Phi) is 7.25. The number of rotatable bonds is 2. The zero-order valence-electron chi connectivity index (χ0n) is 9.75. The maximum Gasteiger partial charge on any atom is 0.314 e. The molecule has 0 radical (unpaired) electrons. The topological polar surface area (TPSA) is 46.3 Å². The molecular formula is C11H26N2O. The number of amides is 2. The van der Waals surface area contributed by atoms with Gasteiger partial charge in [-0.3, -0.25) is 0 Å². The summed E-state index contributed by atoms with van der Waals surface area (Å²) in [6.07, 6.45) is 4.82. The van der Waals surface area contributed by atoms with Crippen molar-refractivity contribution in [2.45, 2.75) is 46.5 Å². The molecule has 2 amide bonds. The molecule has 86 valence electrons. The summed E-state index contributed by atoms with van der Waals surface area (Å²) in [5.74, 6) is 0.825. The van der Waals surface area contributed by atoms with Crippen molar-refractivity contribution in [3.63, 3.8) is 0 Å². The van der Waals surface area contributed by atoms with Crippen LogP contribution in [0.1, 0.15) is 47.9 Å². The molecule has 3 heteroatoms. The first-order chi connectivity index (χ1) is 6.74. The fraction of sp³-hybridized carbons (Fsp3) is 0.909. The molecule has 0 atom stereocenters. The van der Waals surface area contributed by atoms with E-state index in [1.807, 2.05) is 13.8 Å². The lowest BCUT2D eigenvalue weighted by Crippen LogP contribution is -2.41. The molecule has 1 fully saturated rings. The summed E-state index contributed by atoms with van der Waals surface area (Å²) in [4.78, 5) is 12.5. The van der Waals surface area contributed by atoms with Crippen molar-refractivity contribution in [2.75, 3.05) is 13.1 Å². The maximum atomic E-state index is 10.8. The van der Waals surface area contributed by atoms with Crippen LogP contribution in [0.15, 0.2) is 0 Å². The van der Waals surface area contributed by atoms with E-state index in [9.17, 15) is 4.79 Å². The number of piperidine rings is 1. The molecule has 0 unspecified atom stereocenters. The Morgan fingerprint density at radius 3 is 2.29 bits per heavy atom. The molecule has 2 N–H and O–H groups in total. The summed E-state index contributed by atoms with van der Waals surface area (Å²) in [6.45, 7) is 7.93. The maximum absolute atomic E-state index is 10.8. The SMILES string of the molecule is CC.CCCC1CCN(C(N)=O)CC1.[HH]. The number of urea groups is 1. The number of carbonyl (C=O) groups excluding carboxylic acids is 1. The van der Waals surface area contributed by atoms with Gasteiger partial charge in [0.15, 0.2) is 0 Å². The second kappa shape index (κ2) is 7.65. The van der Waals surface area contributed by atoms with Crippen LogP contribution < -0.4 is 5.73 Å². The van der Waals surface area contributed by atoms with Gasteiger partial charge in [0.05, 0.1) is 0 Å². The predicted octanol–water partition coefficient (Wildman–Crippen LogP) is 2.85. The monoisotopic (exact) mass is 202 g/mol. The molecule has 0 aliphatic carbocycles. The third-order valence-electron chi connectivity index (χ3n) is 2.62. The van der Waals surface area contributed by atoms with Gasteiger partial charge >= 0.3 is 6.03 Å². The Morgan fingerprint density at radius 1 is 1.43 bits per heavy atom. The van der Waals surface area contributed by atoms with Crippen LogP contribution in [0.2, 0.25) is 0 Å². The first-order valence-electron chi connectivity index (χ1n) is 5.78. The molecule has 1 saturated heterocycles. The number of primary amides is 1. The Labute approximate surface area is 89.1 Å². The molecule has 0 bridgehead atoms. The molecular weight excluding hydrogens is 176 g/mol. The lowest BCUT2D eigenvalue weighted by Gasteiger charge is -2.30. The average Bonchev–Trinajstić information content (AvgIpc) is 2.22. The van der Waals surface area contributed by atoms with Gasteiger partial charge in [0.1, 0.15) is 0 Å². The standard InChI is InChI=1S/C9H18N2O.C2H6.H2/c1-2-3-8-4-6-11(7-5-8)9(10)12;1-2;/h8H,2-7H2,1H3,(H2,10,12);1-2H3;1H. The van der Waals surface area contributed by atoms with Crippen molar-refractivity contribution in [1.29, 1.82) is 0 Å². The van der Waals surface area contributed by atoms with E-state index in [0.717, 1.165) is 31.8 Å².